The number of hydrogen-bond acceptors (Lipinski definition) is 3. The highest BCUT2D eigenvalue weighted by Crippen LogP contribution is 2.44. The van der Waals surface area contributed by atoms with Gasteiger partial charge in [0.25, 0.3) is 0 Å². The molecule has 2 heterocycles. The van der Waals surface area contributed by atoms with Crippen LogP contribution in [0.2, 0.25) is 5.02 Å². The summed E-state index contributed by atoms with van der Waals surface area (Å²) in [5.41, 5.74) is 3.44. The highest BCUT2D eigenvalue weighted by atomic mass is 35.5. The van der Waals surface area contributed by atoms with Crippen molar-refractivity contribution >= 4 is 17.3 Å². The van der Waals surface area contributed by atoms with Gasteiger partial charge in [0.2, 0.25) is 0 Å². The Morgan fingerprint density at radius 1 is 1.22 bits per heavy atom. The molecule has 0 saturated carbocycles. The van der Waals surface area contributed by atoms with Gasteiger partial charge in [0.1, 0.15) is 5.75 Å². The number of benzene rings is 2. The van der Waals surface area contributed by atoms with Gasteiger partial charge < -0.3 is 4.74 Å². The van der Waals surface area contributed by atoms with E-state index in [1.165, 1.54) is 5.56 Å². The largest absolute Gasteiger partial charge is 0.469 e. The zero-order valence-electron chi connectivity index (χ0n) is 13.1. The Hall–Kier alpha value is -2.00. The molecule has 0 N–H and O–H groups in total. The van der Waals surface area contributed by atoms with Crippen LogP contribution in [0.15, 0.2) is 53.6 Å². The molecule has 4 heteroatoms. The summed E-state index contributed by atoms with van der Waals surface area (Å²) in [4.78, 5) is 0. The van der Waals surface area contributed by atoms with E-state index >= 15 is 0 Å². The van der Waals surface area contributed by atoms with E-state index in [1.807, 2.05) is 24.3 Å². The van der Waals surface area contributed by atoms with Gasteiger partial charge in [-0.3, -0.25) is 5.01 Å². The fraction of sp³-hybridized carbons (Fsp3) is 0.316. The third-order valence-corrected chi connectivity index (χ3v) is 4.71. The van der Waals surface area contributed by atoms with Gasteiger partial charge in [0.15, 0.2) is 6.23 Å². The summed E-state index contributed by atoms with van der Waals surface area (Å²) in [6, 6.07) is 16.5. The standard InChI is InChI=1S/C19H19ClN2O/c1-2-6-19-22-17(15-11-14(20)9-10-18(15)23-19)12-16(21-22)13-7-4-3-5-8-13/h3-5,7-11,17,19H,2,6,12H2,1H3/t17-,19+/m0/s1. The summed E-state index contributed by atoms with van der Waals surface area (Å²) in [5, 5.41) is 7.77. The maximum atomic E-state index is 6.21. The predicted molar refractivity (Wildman–Crippen MR) is 93.0 cm³/mol. The van der Waals surface area contributed by atoms with Crippen LogP contribution in [0.3, 0.4) is 0 Å². The van der Waals surface area contributed by atoms with Crippen molar-refractivity contribution in [2.75, 3.05) is 0 Å². The van der Waals surface area contributed by atoms with Crippen molar-refractivity contribution in [3.8, 4) is 5.75 Å². The molecule has 2 aromatic rings. The molecule has 0 aliphatic carbocycles. The molecule has 2 aliphatic rings. The maximum absolute atomic E-state index is 6.21. The first-order valence-corrected chi connectivity index (χ1v) is 8.51. The number of rotatable bonds is 3. The molecule has 0 amide bonds. The van der Waals surface area contributed by atoms with Crippen LogP contribution < -0.4 is 4.74 Å². The minimum Gasteiger partial charge on any atom is -0.469 e. The fourth-order valence-electron chi connectivity index (χ4n) is 3.38. The average Bonchev–Trinajstić information content (AvgIpc) is 3.02. The van der Waals surface area contributed by atoms with Crippen molar-refractivity contribution in [3.05, 3.63) is 64.7 Å². The molecule has 0 saturated heterocycles. The molecule has 0 unspecified atom stereocenters. The van der Waals surface area contributed by atoms with Crippen LogP contribution in [-0.2, 0) is 0 Å². The summed E-state index contributed by atoms with van der Waals surface area (Å²) in [7, 11) is 0. The number of hydrogen-bond donors (Lipinski definition) is 0. The second kappa shape index (κ2) is 5.89. The van der Waals surface area contributed by atoms with Crippen LogP contribution in [-0.4, -0.2) is 16.9 Å². The van der Waals surface area contributed by atoms with Crippen LogP contribution >= 0.6 is 11.6 Å². The van der Waals surface area contributed by atoms with E-state index in [9.17, 15) is 0 Å². The van der Waals surface area contributed by atoms with Crippen LogP contribution in [0.4, 0.5) is 0 Å². The maximum Gasteiger partial charge on any atom is 0.187 e. The van der Waals surface area contributed by atoms with Crippen molar-refractivity contribution in [2.24, 2.45) is 5.10 Å². The molecule has 0 aromatic heterocycles. The number of ether oxygens (including phenoxy) is 1. The lowest BCUT2D eigenvalue weighted by Gasteiger charge is -2.38. The van der Waals surface area contributed by atoms with Crippen molar-refractivity contribution in [3.63, 3.8) is 0 Å². The van der Waals surface area contributed by atoms with E-state index < -0.39 is 0 Å². The molecular formula is C19H19ClN2O. The lowest BCUT2D eigenvalue weighted by atomic mass is 9.96. The predicted octanol–water partition coefficient (Wildman–Crippen LogP) is 5.01. The smallest absolute Gasteiger partial charge is 0.187 e. The highest BCUT2D eigenvalue weighted by Gasteiger charge is 2.39. The van der Waals surface area contributed by atoms with Gasteiger partial charge in [-0.25, -0.2) is 0 Å². The van der Waals surface area contributed by atoms with Gasteiger partial charge in [0.05, 0.1) is 11.8 Å². The molecule has 118 valence electrons. The van der Waals surface area contributed by atoms with E-state index in [-0.39, 0.29) is 12.3 Å². The first kappa shape index (κ1) is 14.6. The molecule has 2 aromatic carbocycles. The first-order chi connectivity index (χ1) is 11.3. The molecule has 4 rings (SSSR count). The lowest BCUT2D eigenvalue weighted by molar-refractivity contribution is -0.0223. The molecule has 0 spiro atoms. The molecular weight excluding hydrogens is 308 g/mol. The zero-order chi connectivity index (χ0) is 15.8. The topological polar surface area (TPSA) is 24.8 Å². The first-order valence-electron chi connectivity index (χ1n) is 8.13. The van der Waals surface area contributed by atoms with Gasteiger partial charge in [-0.15, -0.1) is 0 Å². The number of nitrogens with zero attached hydrogens (tertiary/aromatic N) is 2. The average molecular weight is 327 g/mol. The van der Waals surface area contributed by atoms with E-state index in [2.05, 4.69) is 36.2 Å². The van der Waals surface area contributed by atoms with Crippen molar-refractivity contribution in [1.82, 2.24) is 5.01 Å². The van der Waals surface area contributed by atoms with E-state index in [0.29, 0.717) is 0 Å². The Morgan fingerprint density at radius 2 is 2.04 bits per heavy atom. The molecule has 0 bridgehead atoms. The molecule has 2 atom stereocenters. The fourth-order valence-corrected chi connectivity index (χ4v) is 3.56. The van der Waals surface area contributed by atoms with E-state index in [1.54, 1.807) is 0 Å². The minimum absolute atomic E-state index is 0.000104. The summed E-state index contributed by atoms with van der Waals surface area (Å²) < 4.78 is 6.19. The van der Waals surface area contributed by atoms with Crippen LogP contribution in [0, 0.1) is 0 Å². The number of fused-ring (bicyclic) bond motifs is 3. The Balaban J connectivity index is 1.74. The Kier molecular flexibility index (Phi) is 3.74. The van der Waals surface area contributed by atoms with Crippen LogP contribution in [0.5, 0.6) is 5.75 Å². The SMILES string of the molecule is CCC[C@H]1Oc2ccc(Cl)cc2[C@@H]2CC(c3ccccc3)=NN12. The van der Waals surface area contributed by atoms with Gasteiger partial charge >= 0.3 is 0 Å². The van der Waals surface area contributed by atoms with E-state index in [4.69, 9.17) is 21.4 Å². The summed E-state index contributed by atoms with van der Waals surface area (Å²) in [5.74, 6) is 0.943. The third-order valence-electron chi connectivity index (χ3n) is 4.47. The Labute approximate surface area is 141 Å². The normalized spacial score (nSPS) is 22.2. The second-order valence-corrected chi connectivity index (χ2v) is 6.49. The quantitative estimate of drug-likeness (QED) is 0.792. The van der Waals surface area contributed by atoms with Gasteiger partial charge in [-0.2, -0.15) is 5.10 Å². The Bertz CT molecular complexity index is 744. The van der Waals surface area contributed by atoms with Gasteiger partial charge in [-0.05, 0) is 23.8 Å². The van der Waals surface area contributed by atoms with Gasteiger partial charge in [0, 0.05) is 23.4 Å². The second-order valence-electron chi connectivity index (χ2n) is 6.06. The van der Waals surface area contributed by atoms with Gasteiger partial charge in [-0.1, -0.05) is 55.3 Å². The van der Waals surface area contributed by atoms with Crippen molar-refractivity contribution in [2.45, 2.75) is 38.5 Å². The molecule has 2 aliphatic heterocycles. The number of hydrazone groups is 1. The molecule has 3 nitrogen and oxygen atoms in total. The molecule has 0 fully saturated rings. The monoisotopic (exact) mass is 326 g/mol. The van der Waals surface area contributed by atoms with Crippen LogP contribution in [0.1, 0.15) is 43.4 Å². The molecule has 23 heavy (non-hydrogen) atoms. The Morgan fingerprint density at radius 3 is 2.83 bits per heavy atom. The third kappa shape index (κ3) is 2.59. The zero-order valence-corrected chi connectivity index (χ0v) is 13.8. The van der Waals surface area contributed by atoms with Crippen molar-refractivity contribution < 1.29 is 4.74 Å². The van der Waals surface area contributed by atoms with Crippen molar-refractivity contribution in [1.29, 1.82) is 0 Å². The number of halogens is 1. The van der Waals surface area contributed by atoms with E-state index in [0.717, 1.165) is 41.3 Å². The summed E-state index contributed by atoms with van der Waals surface area (Å²) in [6.07, 6.45) is 2.91. The molecule has 0 radical (unpaired) electrons. The lowest BCUT2D eigenvalue weighted by Crippen LogP contribution is -2.40. The summed E-state index contributed by atoms with van der Waals surface area (Å²) in [6.45, 7) is 2.17. The minimum atomic E-state index is -0.000104. The summed E-state index contributed by atoms with van der Waals surface area (Å²) >= 11 is 6.21. The highest BCUT2D eigenvalue weighted by molar-refractivity contribution is 6.30. The van der Waals surface area contributed by atoms with Crippen LogP contribution in [0.25, 0.3) is 0 Å².